The Balaban J connectivity index is 1.66. The Kier molecular flexibility index (Phi) is 7.69. The van der Waals surface area contributed by atoms with Crippen LogP contribution in [0.2, 0.25) is 0 Å². The van der Waals surface area contributed by atoms with Crippen molar-refractivity contribution in [2.45, 2.75) is 70.3 Å². The van der Waals surface area contributed by atoms with E-state index in [1.165, 1.54) is 18.6 Å². The van der Waals surface area contributed by atoms with Crippen molar-refractivity contribution >= 4 is 0 Å². The van der Waals surface area contributed by atoms with Crippen LogP contribution in [0.15, 0.2) is 22.7 Å². The van der Waals surface area contributed by atoms with Gasteiger partial charge in [-0.05, 0) is 24.6 Å². The molecule has 3 rings (SSSR count). The minimum atomic E-state index is -4.58. The van der Waals surface area contributed by atoms with Gasteiger partial charge < -0.3 is 14.6 Å². The van der Waals surface area contributed by atoms with E-state index in [1.807, 2.05) is 0 Å². The fourth-order valence-electron chi connectivity index (χ4n) is 3.46. The van der Waals surface area contributed by atoms with E-state index < -0.39 is 24.0 Å². The lowest BCUT2D eigenvalue weighted by Crippen LogP contribution is -2.14. The third kappa shape index (κ3) is 5.93. The highest BCUT2D eigenvalue weighted by Gasteiger charge is 2.35. The highest BCUT2D eigenvalue weighted by molar-refractivity contribution is 5.59. The zero-order valence-electron chi connectivity index (χ0n) is 17.0. The lowest BCUT2D eigenvalue weighted by Gasteiger charge is -2.14. The largest absolute Gasteiger partial charge is 0.493 e. The Labute approximate surface area is 173 Å². The third-order valence-corrected chi connectivity index (χ3v) is 5.12. The summed E-state index contributed by atoms with van der Waals surface area (Å²) in [6.45, 7) is 2.55. The number of hydrogen-bond donors (Lipinski definition) is 1. The van der Waals surface area contributed by atoms with Crippen molar-refractivity contribution in [3.05, 3.63) is 29.7 Å². The summed E-state index contributed by atoms with van der Waals surface area (Å²) in [5.41, 5.74) is -0.709. The molecule has 2 heterocycles. The van der Waals surface area contributed by atoms with Gasteiger partial charge in [0.25, 0.3) is 0 Å². The molecule has 1 unspecified atom stereocenters. The van der Waals surface area contributed by atoms with E-state index >= 15 is 0 Å². The molecule has 0 radical (unpaired) electrons. The molecule has 0 amide bonds. The molecule has 1 fully saturated rings. The standard InChI is InChI=1S/C21H27F4N3O2/c1-2-3-4-5-6-7-10-29-18-9-8-14(11-16(18)21(23,24)25)19-27-20(30-28-19)17-12-15(22)13-26-17/h8-9,11,15,17,26H,2-7,10,12-13H2,1H3/t15-,17?/m0/s1. The van der Waals surface area contributed by atoms with Gasteiger partial charge in [-0.3, -0.25) is 0 Å². The van der Waals surface area contributed by atoms with E-state index in [0.717, 1.165) is 31.7 Å². The monoisotopic (exact) mass is 429 g/mol. The summed E-state index contributed by atoms with van der Waals surface area (Å²) in [5, 5.41) is 6.67. The Morgan fingerprint density at radius 1 is 1.17 bits per heavy atom. The first-order chi connectivity index (χ1) is 14.4. The molecule has 0 spiro atoms. The van der Waals surface area contributed by atoms with Crippen molar-refractivity contribution in [1.82, 2.24) is 15.5 Å². The molecule has 9 heteroatoms. The molecule has 1 N–H and O–H groups in total. The van der Waals surface area contributed by atoms with Gasteiger partial charge in [0, 0.05) is 18.5 Å². The highest BCUT2D eigenvalue weighted by Crippen LogP contribution is 2.38. The summed E-state index contributed by atoms with van der Waals surface area (Å²) in [6.07, 6.45) is 0.756. The molecule has 0 saturated carbocycles. The Bertz CT molecular complexity index is 810. The van der Waals surface area contributed by atoms with Crippen LogP contribution in [-0.2, 0) is 6.18 Å². The first-order valence-electron chi connectivity index (χ1n) is 10.4. The average Bonchev–Trinajstić information content (AvgIpc) is 3.36. The quantitative estimate of drug-likeness (QED) is 0.378. The number of benzene rings is 1. The maximum Gasteiger partial charge on any atom is 0.419 e. The zero-order chi connectivity index (χ0) is 21.6. The van der Waals surface area contributed by atoms with Crippen LogP contribution >= 0.6 is 0 Å². The molecule has 2 aromatic rings. The van der Waals surface area contributed by atoms with Gasteiger partial charge in [0.15, 0.2) is 0 Å². The number of rotatable bonds is 10. The lowest BCUT2D eigenvalue weighted by atomic mass is 10.1. The predicted molar refractivity (Wildman–Crippen MR) is 104 cm³/mol. The first-order valence-corrected chi connectivity index (χ1v) is 10.4. The van der Waals surface area contributed by atoms with E-state index in [4.69, 9.17) is 9.26 Å². The molecule has 30 heavy (non-hydrogen) atoms. The van der Waals surface area contributed by atoms with E-state index in [1.54, 1.807) is 0 Å². The second-order valence-corrected chi connectivity index (χ2v) is 7.57. The van der Waals surface area contributed by atoms with Crippen LogP contribution in [0.25, 0.3) is 11.4 Å². The summed E-state index contributed by atoms with van der Waals surface area (Å²) in [6, 6.07) is 3.30. The van der Waals surface area contributed by atoms with Crippen LogP contribution in [0.1, 0.15) is 69.4 Å². The predicted octanol–water partition coefficient (Wildman–Crippen LogP) is 5.87. The third-order valence-electron chi connectivity index (χ3n) is 5.12. The molecular weight excluding hydrogens is 402 g/mol. The lowest BCUT2D eigenvalue weighted by molar-refractivity contribution is -0.138. The van der Waals surface area contributed by atoms with Gasteiger partial charge in [-0.2, -0.15) is 18.2 Å². The second kappa shape index (κ2) is 10.2. The van der Waals surface area contributed by atoms with Crippen molar-refractivity contribution in [2.75, 3.05) is 13.2 Å². The van der Waals surface area contributed by atoms with Crippen molar-refractivity contribution in [3.8, 4) is 17.1 Å². The van der Waals surface area contributed by atoms with Gasteiger partial charge in [0.2, 0.25) is 11.7 Å². The molecule has 1 aromatic carbocycles. The zero-order valence-corrected chi connectivity index (χ0v) is 17.0. The number of nitrogens with one attached hydrogen (secondary N) is 1. The maximum absolute atomic E-state index is 13.6. The topological polar surface area (TPSA) is 60.2 Å². The van der Waals surface area contributed by atoms with E-state index in [-0.39, 0.29) is 42.6 Å². The normalized spacial score (nSPS) is 19.4. The molecule has 1 aliphatic rings. The summed E-state index contributed by atoms with van der Waals surface area (Å²) in [5.74, 6) is -0.00884. The molecule has 5 nitrogen and oxygen atoms in total. The summed E-state index contributed by atoms with van der Waals surface area (Å²) in [4.78, 5) is 4.15. The number of halogens is 4. The van der Waals surface area contributed by atoms with Gasteiger partial charge in [-0.15, -0.1) is 0 Å². The van der Waals surface area contributed by atoms with Gasteiger partial charge in [0.05, 0.1) is 18.2 Å². The summed E-state index contributed by atoms with van der Waals surface area (Å²) < 4.78 is 64.5. The molecule has 2 atom stereocenters. The van der Waals surface area contributed by atoms with Gasteiger partial charge >= 0.3 is 6.18 Å². The van der Waals surface area contributed by atoms with Gasteiger partial charge in [-0.25, -0.2) is 4.39 Å². The molecule has 0 bridgehead atoms. The molecule has 166 valence electrons. The van der Waals surface area contributed by atoms with Crippen LogP contribution in [0.3, 0.4) is 0 Å². The Hall–Kier alpha value is -2.16. The molecule has 1 saturated heterocycles. The van der Waals surface area contributed by atoms with Crippen LogP contribution in [0.4, 0.5) is 17.6 Å². The number of hydrogen-bond acceptors (Lipinski definition) is 5. The van der Waals surface area contributed by atoms with Crippen LogP contribution in [0, 0.1) is 0 Å². The van der Waals surface area contributed by atoms with Crippen LogP contribution in [0.5, 0.6) is 5.75 Å². The van der Waals surface area contributed by atoms with Crippen molar-refractivity contribution < 1.29 is 26.8 Å². The second-order valence-electron chi connectivity index (χ2n) is 7.57. The van der Waals surface area contributed by atoms with Gasteiger partial charge in [-0.1, -0.05) is 44.2 Å². The highest BCUT2D eigenvalue weighted by atomic mass is 19.4. The number of aromatic nitrogens is 2. The minimum absolute atomic E-state index is 0.0297. The molecular formula is C21H27F4N3O2. The van der Waals surface area contributed by atoms with Crippen molar-refractivity contribution in [2.24, 2.45) is 0 Å². The van der Waals surface area contributed by atoms with E-state index in [2.05, 4.69) is 22.4 Å². The number of nitrogens with zero attached hydrogens (tertiary/aromatic N) is 2. The SMILES string of the molecule is CCCCCCCCOc1ccc(-c2noc(C3C[C@H](F)CN3)n2)cc1C(F)(F)F. The van der Waals surface area contributed by atoms with E-state index in [9.17, 15) is 17.6 Å². The first kappa shape index (κ1) is 22.5. The number of unbranched alkanes of at least 4 members (excludes halogenated alkanes) is 5. The van der Waals surface area contributed by atoms with Crippen molar-refractivity contribution in [3.63, 3.8) is 0 Å². The number of alkyl halides is 4. The smallest absolute Gasteiger partial charge is 0.419 e. The Morgan fingerprint density at radius 3 is 2.63 bits per heavy atom. The average molecular weight is 429 g/mol. The molecule has 1 aliphatic heterocycles. The fraction of sp³-hybridized carbons (Fsp3) is 0.619. The van der Waals surface area contributed by atoms with Gasteiger partial charge in [0.1, 0.15) is 11.9 Å². The summed E-state index contributed by atoms with van der Waals surface area (Å²) >= 11 is 0. The Morgan fingerprint density at radius 2 is 1.93 bits per heavy atom. The fourth-order valence-corrected chi connectivity index (χ4v) is 3.46. The van der Waals surface area contributed by atoms with E-state index in [0.29, 0.717) is 6.42 Å². The number of ether oxygens (including phenoxy) is 1. The van der Waals surface area contributed by atoms with Crippen molar-refractivity contribution in [1.29, 1.82) is 0 Å². The summed E-state index contributed by atoms with van der Waals surface area (Å²) in [7, 11) is 0. The molecule has 1 aromatic heterocycles. The van der Waals surface area contributed by atoms with Crippen LogP contribution in [-0.4, -0.2) is 29.5 Å². The van der Waals surface area contributed by atoms with Crippen LogP contribution < -0.4 is 10.1 Å². The minimum Gasteiger partial charge on any atom is -0.493 e. The molecule has 0 aliphatic carbocycles. The maximum atomic E-state index is 13.6.